The molecule has 0 aromatic carbocycles. The number of thioether (sulfide) groups is 1. The minimum atomic E-state index is 0.593. The summed E-state index contributed by atoms with van der Waals surface area (Å²) in [5.41, 5.74) is 0.980. The van der Waals surface area contributed by atoms with Gasteiger partial charge in [-0.1, -0.05) is 24.6 Å². The van der Waals surface area contributed by atoms with Gasteiger partial charge in [0.1, 0.15) is 5.82 Å². The minimum absolute atomic E-state index is 0.593. The fourth-order valence-electron chi connectivity index (χ4n) is 3.13. The number of rotatable bonds is 7. The zero-order chi connectivity index (χ0) is 16.1. The molecule has 6 nitrogen and oxygen atoms in total. The van der Waals surface area contributed by atoms with Gasteiger partial charge in [-0.2, -0.15) is 0 Å². The van der Waals surface area contributed by atoms with Gasteiger partial charge in [0.25, 0.3) is 0 Å². The van der Waals surface area contributed by atoms with Crippen LogP contribution in [0.25, 0.3) is 0 Å². The van der Waals surface area contributed by atoms with Crippen LogP contribution in [0.1, 0.15) is 49.7 Å². The van der Waals surface area contributed by atoms with Gasteiger partial charge in [-0.05, 0) is 38.5 Å². The number of hydrogen-bond donors (Lipinski definition) is 1. The normalized spacial score (nSPS) is 15.2. The monoisotopic (exact) mass is 332 g/mol. The molecule has 2 aromatic heterocycles. The van der Waals surface area contributed by atoms with Crippen LogP contribution in [0, 0.1) is 6.92 Å². The second kappa shape index (κ2) is 7.77. The van der Waals surface area contributed by atoms with E-state index < -0.39 is 0 Å². The predicted octanol–water partition coefficient (Wildman–Crippen LogP) is 3.26. The van der Waals surface area contributed by atoms with Crippen molar-refractivity contribution < 1.29 is 0 Å². The summed E-state index contributed by atoms with van der Waals surface area (Å²) >= 11 is 1.69. The molecule has 2 aromatic rings. The number of nitrogens with zero attached hydrogens (tertiary/aromatic N) is 5. The number of aromatic nitrogens is 5. The van der Waals surface area contributed by atoms with Crippen molar-refractivity contribution >= 4 is 17.7 Å². The average Bonchev–Trinajstić information content (AvgIpc) is 3.20. The molecule has 0 radical (unpaired) electrons. The van der Waals surface area contributed by atoms with E-state index in [1.165, 1.54) is 25.7 Å². The molecule has 2 heterocycles. The molecular weight excluding hydrogens is 308 g/mol. The van der Waals surface area contributed by atoms with Gasteiger partial charge in [0.15, 0.2) is 5.16 Å². The fourth-order valence-corrected chi connectivity index (χ4v) is 3.70. The quantitative estimate of drug-likeness (QED) is 0.620. The molecule has 1 aliphatic carbocycles. The van der Waals surface area contributed by atoms with Gasteiger partial charge in [0.05, 0.1) is 0 Å². The molecule has 1 saturated carbocycles. The van der Waals surface area contributed by atoms with Crippen molar-refractivity contribution in [1.82, 2.24) is 24.7 Å². The number of anilines is 1. The summed E-state index contributed by atoms with van der Waals surface area (Å²) in [6, 6.07) is 2.50. The van der Waals surface area contributed by atoms with Crippen LogP contribution in [-0.4, -0.2) is 37.5 Å². The number of hydrogen-bond acceptors (Lipinski definition) is 6. The summed E-state index contributed by atoms with van der Waals surface area (Å²) in [6.07, 6.45) is 11.0. The first kappa shape index (κ1) is 16.2. The Morgan fingerprint density at radius 2 is 2.13 bits per heavy atom. The lowest BCUT2D eigenvalue weighted by atomic mass is 10.2. The van der Waals surface area contributed by atoms with Crippen LogP contribution >= 0.6 is 11.8 Å². The third kappa shape index (κ3) is 4.02. The van der Waals surface area contributed by atoms with Gasteiger partial charge in [-0.3, -0.25) is 0 Å². The van der Waals surface area contributed by atoms with Crippen molar-refractivity contribution in [3.63, 3.8) is 0 Å². The van der Waals surface area contributed by atoms with Crippen molar-refractivity contribution in [2.24, 2.45) is 0 Å². The SMILES string of the molecule is CSc1nnc(CCCNc2nccc(C)n2)n1C1CCCC1. The summed E-state index contributed by atoms with van der Waals surface area (Å²) in [5.74, 6) is 1.82. The number of aryl methyl sites for hydroxylation is 2. The topological polar surface area (TPSA) is 68.5 Å². The highest BCUT2D eigenvalue weighted by Crippen LogP contribution is 2.33. The third-order valence-corrected chi connectivity index (χ3v) is 4.91. The maximum Gasteiger partial charge on any atom is 0.222 e. The summed E-state index contributed by atoms with van der Waals surface area (Å²) in [5, 5.41) is 13.1. The van der Waals surface area contributed by atoms with Gasteiger partial charge in [0, 0.05) is 30.9 Å². The first-order chi connectivity index (χ1) is 11.3. The highest BCUT2D eigenvalue weighted by Gasteiger charge is 2.23. The Hall–Kier alpha value is -1.63. The second-order valence-electron chi connectivity index (χ2n) is 5.96. The van der Waals surface area contributed by atoms with E-state index in [2.05, 4.69) is 36.3 Å². The first-order valence-electron chi connectivity index (χ1n) is 8.29. The molecule has 0 amide bonds. The molecule has 0 unspecified atom stereocenters. The van der Waals surface area contributed by atoms with Gasteiger partial charge in [-0.15, -0.1) is 10.2 Å². The molecule has 0 spiro atoms. The molecule has 1 fully saturated rings. The maximum atomic E-state index is 4.42. The summed E-state index contributed by atoms with van der Waals surface area (Å²) < 4.78 is 2.38. The van der Waals surface area contributed by atoms with E-state index in [4.69, 9.17) is 0 Å². The smallest absolute Gasteiger partial charge is 0.222 e. The first-order valence-corrected chi connectivity index (χ1v) is 9.51. The molecule has 3 rings (SSSR count). The molecule has 0 aliphatic heterocycles. The van der Waals surface area contributed by atoms with Crippen LogP contribution in [0.3, 0.4) is 0 Å². The van der Waals surface area contributed by atoms with Gasteiger partial charge < -0.3 is 9.88 Å². The van der Waals surface area contributed by atoms with Gasteiger partial charge in [-0.25, -0.2) is 9.97 Å². The van der Waals surface area contributed by atoms with E-state index in [-0.39, 0.29) is 0 Å². The minimum Gasteiger partial charge on any atom is -0.354 e. The van der Waals surface area contributed by atoms with Gasteiger partial charge >= 0.3 is 0 Å². The Morgan fingerprint density at radius 1 is 1.30 bits per heavy atom. The lowest BCUT2D eigenvalue weighted by molar-refractivity contribution is 0.461. The Morgan fingerprint density at radius 3 is 2.87 bits per heavy atom. The van der Waals surface area contributed by atoms with Crippen LogP contribution < -0.4 is 5.32 Å². The van der Waals surface area contributed by atoms with Crippen LogP contribution in [0.4, 0.5) is 5.95 Å². The average molecular weight is 332 g/mol. The second-order valence-corrected chi connectivity index (χ2v) is 6.74. The fraction of sp³-hybridized carbons (Fsp3) is 0.625. The Bertz CT molecular complexity index is 635. The van der Waals surface area contributed by atoms with Crippen LogP contribution in [0.5, 0.6) is 0 Å². The Balaban J connectivity index is 1.56. The largest absolute Gasteiger partial charge is 0.354 e. The van der Waals surface area contributed by atoms with Crippen LogP contribution in [0.2, 0.25) is 0 Å². The van der Waals surface area contributed by atoms with E-state index in [0.29, 0.717) is 12.0 Å². The molecule has 124 valence electrons. The lowest BCUT2D eigenvalue weighted by Crippen LogP contribution is -2.12. The third-order valence-electron chi connectivity index (χ3n) is 4.26. The highest BCUT2D eigenvalue weighted by molar-refractivity contribution is 7.98. The van der Waals surface area contributed by atoms with E-state index in [1.807, 2.05) is 13.0 Å². The molecule has 0 bridgehead atoms. The highest BCUT2D eigenvalue weighted by atomic mass is 32.2. The van der Waals surface area contributed by atoms with Crippen LogP contribution in [-0.2, 0) is 6.42 Å². The maximum absolute atomic E-state index is 4.42. The van der Waals surface area contributed by atoms with E-state index in [0.717, 1.165) is 36.1 Å². The van der Waals surface area contributed by atoms with E-state index >= 15 is 0 Å². The van der Waals surface area contributed by atoms with Crippen molar-refractivity contribution in [2.45, 2.75) is 56.6 Å². The lowest BCUT2D eigenvalue weighted by Gasteiger charge is -2.16. The van der Waals surface area contributed by atoms with Crippen LogP contribution in [0.15, 0.2) is 17.4 Å². The molecule has 1 aliphatic rings. The van der Waals surface area contributed by atoms with E-state index in [1.54, 1.807) is 18.0 Å². The summed E-state index contributed by atoms with van der Waals surface area (Å²) in [4.78, 5) is 8.58. The molecule has 0 saturated heterocycles. The summed E-state index contributed by atoms with van der Waals surface area (Å²) in [6.45, 7) is 2.82. The molecule has 1 N–H and O–H groups in total. The summed E-state index contributed by atoms with van der Waals surface area (Å²) in [7, 11) is 0. The molecule has 7 heteroatoms. The van der Waals surface area contributed by atoms with Crippen molar-refractivity contribution in [1.29, 1.82) is 0 Å². The van der Waals surface area contributed by atoms with Crippen molar-refractivity contribution in [3.05, 3.63) is 23.8 Å². The molecule has 23 heavy (non-hydrogen) atoms. The molecule has 0 atom stereocenters. The Kier molecular flexibility index (Phi) is 5.48. The van der Waals surface area contributed by atoms with E-state index in [9.17, 15) is 0 Å². The Labute approximate surface area is 141 Å². The van der Waals surface area contributed by atoms with Gasteiger partial charge in [0.2, 0.25) is 5.95 Å². The molecular formula is C16H24N6S. The zero-order valence-corrected chi connectivity index (χ0v) is 14.6. The van der Waals surface area contributed by atoms with Crippen molar-refractivity contribution in [3.8, 4) is 0 Å². The van der Waals surface area contributed by atoms with Crippen molar-refractivity contribution in [2.75, 3.05) is 18.1 Å². The zero-order valence-electron chi connectivity index (χ0n) is 13.8. The predicted molar refractivity (Wildman–Crippen MR) is 92.9 cm³/mol. The standard InChI is InChI=1S/C16H24N6S/c1-12-9-11-18-15(19-12)17-10-5-8-14-20-21-16(23-2)22(14)13-6-3-4-7-13/h9,11,13H,3-8,10H2,1-2H3,(H,17,18,19). The number of nitrogens with one attached hydrogen (secondary N) is 1.